The second-order valence-corrected chi connectivity index (χ2v) is 7.28. The lowest BCUT2D eigenvalue weighted by Gasteiger charge is -2.15. The molecule has 2 aromatic carbocycles. The van der Waals surface area contributed by atoms with E-state index in [2.05, 4.69) is 28.9 Å². The van der Waals surface area contributed by atoms with Crippen LogP contribution < -0.4 is 10.1 Å². The molecule has 0 aliphatic rings. The van der Waals surface area contributed by atoms with E-state index < -0.39 is 5.97 Å². The van der Waals surface area contributed by atoms with Crippen LogP contribution in [0.5, 0.6) is 5.75 Å². The predicted octanol–water partition coefficient (Wildman–Crippen LogP) is 4.71. The van der Waals surface area contributed by atoms with Gasteiger partial charge in [0.2, 0.25) is 0 Å². The van der Waals surface area contributed by atoms with Gasteiger partial charge in [-0.05, 0) is 44.0 Å². The van der Waals surface area contributed by atoms with Crippen LogP contribution in [0.2, 0.25) is 0 Å². The fourth-order valence-corrected chi connectivity index (χ4v) is 3.75. The molecule has 0 saturated carbocycles. The Hall–Kier alpha value is -3.05. The number of hydrogen-bond donors (Lipinski definition) is 2. The monoisotopic (exact) mass is 392 g/mol. The lowest BCUT2D eigenvalue weighted by atomic mass is 10.1. The molecule has 0 spiro atoms. The summed E-state index contributed by atoms with van der Waals surface area (Å²) in [6.45, 7) is 7.05. The Labute approximate surface area is 172 Å². The number of aromatic carboxylic acids is 1. The maximum Gasteiger partial charge on any atom is 0.337 e. The number of carboxylic acid groups (broad SMARTS) is 1. The predicted molar refractivity (Wildman–Crippen MR) is 115 cm³/mol. The van der Waals surface area contributed by atoms with Gasteiger partial charge in [0.25, 0.3) is 0 Å². The van der Waals surface area contributed by atoms with E-state index in [1.807, 2.05) is 56.3 Å². The van der Waals surface area contributed by atoms with E-state index in [4.69, 9.17) is 4.74 Å². The molecular weight excluding hydrogens is 364 g/mol. The molecule has 1 aromatic heterocycles. The molecule has 2 N–H and O–H groups in total. The van der Waals surface area contributed by atoms with Gasteiger partial charge in [-0.25, -0.2) is 4.79 Å². The van der Waals surface area contributed by atoms with E-state index in [1.54, 1.807) is 7.11 Å². The lowest BCUT2D eigenvalue weighted by molar-refractivity contribution is 0.0694. The molecule has 29 heavy (non-hydrogen) atoms. The summed E-state index contributed by atoms with van der Waals surface area (Å²) in [6, 6.07) is 18.1. The van der Waals surface area contributed by atoms with E-state index >= 15 is 0 Å². The summed E-state index contributed by atoms with van der Waals surface area (Å²) in [5.41, 5.74) is 5.20. The molecule has 0 bridgehead atoms. The van der Waals surface area contributed by atoms with Gasteiger partial charge < -0.3 is 19.7 Å². The molecular formula is C24H28N2O3. The van der Waals surface area contributed by atoms with Crippen LogP contribution in [0.1, 0.15) is 51.4 Å². The zero-order valence-corrected chi connectivity index (χ0v) is 17.4. The van der Waals surface area contributed by atoms with Crippen LogP contribution in [-0.4, -0.2) is 22.8 Å². The van der Waals surface area contributed by atoms with Crippen LogP contribution in [0.3, 0.4) is 0 Å². The van der Waals surface area contributed by atoms with Crippen LogP contribution >= 0.6 is 0 Å². The summed E-state index contributed by atoms with van der Waals surface area (Å²) in [7, 11) is 1.64. The Morgan fingerprint density at radius 2 is 1.83 bits per heavy atom. The van der Waals surface area contributed by atoms with Crippen molar-refractivity contribution in [3.8, 4) is 5.75 Å². The minimum atomic E-state index is -0.890. The van der Waals surface area contributed by atoms with Crippen molar-refractivity contribution in [2.45, 2.75) is 39.9 Å². The number of methoxy groups -OCH3 is 1. The van der Waals surface area contributed by atoms with Gasteiger partial charge in [0.1, 0.15) is 5.75 Å². The fraction of sp³-hybridized carbons (Fsp3) is 0.292. The molecule has 152 valence electrons. The molecule has 0 aliphatic carbocycles. The number of benzene rings is 2. The third-order valence-electron chi connectivity index (χ3n) is 5.48. The minimum absolute atomic E-state index is 0.124. The Bertz CT molecular complexity index is 993. The third-order valence-corrected chi connectivity index (χ3v) is 5.48. The highest BCUT2D eigenvalue weighted by atomic mass is 16.5. The van der Waals surface area contributed by atoms with Gasteiger partial charge in [0, 0.05) is 36.1 Å². The average Bonchev–Trinajstić information content (AvgIpc) is 2.97. The van der Waals surface area contributed by atoms with Crippen LogP contribution in [-0.2, 0) is 13.1 Å². The summed E-state index contributed by atoms with van der Waals surface area (Å²) in [6.07, 6.45) is 0. The van der Waals surface area contributed by atoms with Crippen LogP contribution in [0, 0.1) is 13.8 Å². The number of aromatic nitrogens is 1. The van der Waals surface area contributed by atoms with Gasteiger partial charge in [0.15, 0.2) is 0 Å². The van der Waals surface area contributed by atoms with Crippen molar-refractivity contribution in [1.29, 1.82) is 0 Å². The standard InChI is InChI=1S/C24H28N2O3/c1-16(20-10-6-5-7-11-20)25-14-22-17(2)26(18(3)23(22)24(27)28)15-19-9-8-12-21(13-19)29-4/h5-13,16,25H,14-15H2,1-4H3,(H,27,28)/t16-/m0/s1. The number of hydrogen-bond acceptors (Lipinski definition) is 3. The highest BCUT2D eigenvalue weighted by Crippen LogP contribution is 2.25. The number of nitrogens with zero attached hydrogens (tertiary/aromatic N) is 1. The fourth-order valence-electron chi connectivity index (χ4n) is 3.75. The first-order chi connectivity index (χ1) is 13.9. The zero-order chi connectivity index (χ0) is 21.0. The highest BCUT2D eigenvalue weighted by Gasteiger charge is 2.23. The number of ether oxygens (including phenoxy) is 1. The molecule has 5 heteroatoms. The van der Waals surface area contributed by atoms with Crippen molar-refractivity contribution in [2.75, 3.05) is 7.11 Å². The topological polar surface area (TPSA) is 63.5 Å². The molecule has 3 rings (SSSR count). The van der Waals surface area contributed by atoms with Crippen molar-refractivity contribution < 1.29 is 14.6 Å². The SMILES string of the molecule is COc1cccc(Cn2c(C)c(CN[C@@H](C)c3ccccc3)c(C(=O)O)c2C)c1. The van der Waals surface area contributed by atoms with Crippen molar-refractivity contribution >= 4 is 5.97 Å². The van der Waals surface area contributed by atoms with Crippen molar-refractivity contribution in [2.24, 2.45) is 0 Å². The van der Waals surface area contributed by atoms with Gasteiger partial charge in [-0.3, -0.25) is 0 Å². The van der Waals surface area contributed by atoms with Gasteiger partial charge in [-0.1, -0.05) is 42.5 Å². The Morgan fingerprint density at radius 1 is 1.10 bits per heavy atom. The number of nitrogens with one attached hydrogen (secondary N) is 1. The Kier molecular flexibility index (Phi) is 6.39. The van der Waals surface area contributed by atoms with Crippen molar-refractivity contribution in [3.05, 3.63) is 88.2 Å². The molecule has 0 fully saturated rings. The van der Waals surface area contributed by atoms with Crippen LogP contribution in [0.25, 0.3) is 0 Å². The normalized spacial score (nSPS) is 12.0. The molecule has 0 radical (unpaired) electrons. The highest BCUT2D eigenvalue weighted by molar-refractivity contribution is 5.91. The Morgan fingerprint density at radius 3 is 2.48 bits per heavy atom. The second-order valence-electron chi connectivity index (χ2n) is 7.28. The maximum atomic E-state index is 12.0. The first-order valence-electron chi connectivity index (χ1n) is 9.75. The molecule has 0 unspecified atom stereocenters. The lowest BCUT2D eigenvalue weighted by Crippen LogP contribution is -2.19. The summed E-state index contributed by atoms with van der Waals surface area (Å²) < 4.78 is 7.39. The van der Waals surface area contributed by atoms with Crippen LogP contribution in [0.15, 0.2) is 54.6 Å². The first-order valence-corrected chi connectivity index (χ1v) is 9.75. The van der Waals surface area contributed by atoms with E-state index in [9.17, 15) is 9.90 Å². The second kappa shape index (κ2) is 8.97. The van der Waals surface area contributed by atoms with E-state index in [0.717, 1.165) is 28.3 Å². The average molecular weight is 392 g/mol. The van der Waals surface area contributed by atoms with Gasteiger partial charge >= 0.3 is 5.97 Å². The van der Waals surface area contributed by atoms with Gasteiger partial charge in [-0.15, -0.1) is 0 Å². The molecule has 3 aromatic rings. The quantitative estimate of drug-likeness (QED) is 0.583. The van der Waals surface area contributed by atoms with Gasteiger partial charge in [0.05, 0.1) is 12.7 Å². The van der Waals surface area contributed by atoms with Gasteiger partial charge in [-0.2, -0.15) is 0 Å². The van der Waals surface area contributed by atoms with Crippen LogP contribution in [0.4, 0.5) is 0 Å². The van der Waals surface area contributed by atoms with E-state index in [0.29, 0.717) is 18.7 Å². The largest absolute Gasteiger partial charge is 0.497 e. The summed E-state index contributed by atoms with van der Waals surface area (Å²) in [5, 5.41) is 13.3. The number of carbonyl (C=O) groups is 1. The molecule has 0 saturated heterocycles. The van der Waals surface area contributed by atoms with E-state index in [-0.39, 0.29) is 6.04 Å². The smallest absolute Gasteiger partial charge is 0.337 e. The van der Waals surface area contributed by atoms with Crippen molar-refractivity contribution in [3.63, 3.8) is 0 Å². The molecule has 1 heterocycles. The summed E-state index contributed by atoms with van der Waals surface area (Å²) >= 11 is 0. The maximum absolute atomic E-state index is 12.0. The van der Waals surface area contributed by atoms with Crippen molar-refractivity contribution in [1.82, 2.24) is 9.88 Å². The molecule has 5 nitrogen and oxygen atoms in total. The molecule has 0 aliphatic heterocycles. The van der Waals surface area contributed by atoms with E-state index in [1.165, 1.54) is 5.56 Å². The summed E-state index contributed by atoms with van der Waals surface area (Å²) in [4.78, 5) is 12.0. The number of carboxylic acids is 1. The third kappa shape index (κ3) is 4.51. The Balaban J connectivity index is 1.88. The molecule has 0 amide bonds. The molecule has 1 atom stereocenters. The zero-order valence-electron chi connectivity index (χ0n) is 17.4. The first kappa shape index (κ1) is 20.7. The number of rotatable bonds is 8. The minimum Gasteiger partial charge on any atom is -0.497 e. The summed E-state index contributed by atoms with van der Waals surface area (Å²) in [5.74, 6) is -0.0962.